The van der Waals surface area contributed by atoms with Gasteiger partial charge in [-0.05, 0) is 53.7 Å². The Morgan fingerprint density at radius 2 is 1.32 bits per heavy atom. The Morgan fingerprint density at radius 1 is 0.895 bits per heavy atom. The summed E-state index contributed by atoms with van der Waals surface area (Å²) in [6.45, 7) is 11.9. The number of hydrogen-bond donors (Lipinski definition) is 0. The van der Waals surface area contributed by atoms with Gasteiger partial charge in [0.2, 0.25) is 0 Å². The van der Waals surface area contributed by atoms with Gasteiger partial charge in [-0.2, -0.15) is 9.35 Å². The second-order valence-electron chi connectivity index (χ2n) is 5.55. The molecule has 0 unspecified atom stereocenters. The standard InChI is InChI=1S/C15H26O2S.Ca.2H/c1-12(2)17-18(16,13(3)4,14(5)6)15-10-8-7-9-11-15;;;/h7-14H,1-6H3;;;. The van der Waals surface area contributed by atoms with Gasteiger partial charge in [-0.3, -0.25) is 4.18 Å². The molecule has 0 heterocycles. The van der Waals surface area contributed by atoms with Crippen LogP contribution >= 0.6 is 0 Å². The molecule has 0 radical (unpaired) electrons. The van der Waals surface area contributed by atoms with Crippen molar-refractivity contribution in [3.8, 4) is 0 Å². The molecule has 0 aliphatic carbocycles. The Hall–Kier alpha value is 0.590. The van der Waals surface area contributed by atoms with Crippen molar-refractivity contribution >= 4 is 47.1 Å². The maximum absolute atomic E-state index is 14.0. The number of hydrogen-bond acceptors (Lipinski definition) is 2. The summed E-state index contributed by atoms with van der Waals surface area (Å²) in [5, 5.41) is -0.0985. The van der Waals surface area contributed by atoms with Crippen molar-refractivity contribution in [3.63, 3.8) is 0 Å². The van der Waals surface area contributed by atoms with E-state index in [-0.39, 0.29) is 54.3 Å². The molecular weight excluding hydrogens is 284 g/mol. The first-order chi connectivity index (χ1) is 8.23. The topological polar surface area (TPSA) is 26.3 Å². The van der Waals surface area contributed by atoms with Gasteiger partial charge in [0.05, 0.1) is 11.0 Å². The van der Waals surface area contributed by atoms with E-state index < -0.39 is 9.35 Å². The van der Waals surface area contributed by atoms with Gasteiger partial charge in [0.15, 0.2) is 0 Å². The molecule has 0 aromatic heterocycles. The first-order valence-corrected chi connectivity index (χ1v) is 8.64. The first kappa shape index (κ1) is 19.6. The van der Waals surface area contributed by atoms with Gasteiger partial charge in [0.25, 0.3) is 0 Å². The van der Waals surface area contributed by atoms with Gasteiger partial charge >= 0.3 is 37.7 Å². The van der Waals surface area contributed by atoms with Crippen LogP contribution in [0.2, 0.25) is 0 Å². The molecule has 0 saturated heterocycles. The van der Waals surface area contributed by atoms with Crippen LogP contribution in [-0.2, 0) is 13.5 Å². The molecule has 1 aromatic rings. The zero-order valence-corrected chi connectivity index (χ0v) is 13.2. The van der Waals surface area contributed by atoms with Gasteiger partial charge in [-0.1, -0.05) is 18.2 Å². The molecule has 0 N–H and O–H groups in total. The summed E-state index contributed by atoms with van der Waals surface area (Å²) >= 11 is 0. The van der Waals surface area contributed by atoms with Crippen molar-refractivity contribution < 1.29 is 8.39 Å². The molecule has 0 aliphatic rings. The summed E-state index contributed by atoms with van der Waals surface area (Å²) in [6, 6.07) is 9.65. The summed E-state index contributed by atoms with van der Waals surface area (Å²) in [5.74, 6) is 0. The summed E-state index contributed by atoms with van der Waals surface area (Å²) in [5.41, 5.74) is 0. The Bertz CT molecular complexity index is 440. The quantitative estimate of drug-likeness (QED) is 0.781. The van der Waals surface area contributed by atoms with Crippen molar-refractivity contribution in [3.05, 3.63) is 30.3 Å². The molecule has 19 heavy (non-hydrogen) atoms. The van der Waals surface area contributed by atoms with E-state index >= 15 is 0 Å². The van der Waals surface area contributed by atoms with Gasteiger partial charge < -0.3 is 0 Å². The van der Waals surface area contributed by atoms with E-state index in [1.165, 1.54) is 0 Å². The van der Waals surface area contributed by atoms with Crippen LogP contribution < -0.4 is 0 Å². The SMILES string of the molecule is CC(C)OS(=O)(c1ccccc1)(C(C)C)C(C)C.[CaH2]. The normalized spacial score (nSPS) is 14.3. The third kappa shape index (κ3) is 3.44. The Labute approximate surface area is 147 Å². The van der Waals surface area contributed by atoms with Crippen LogP contribution in [0.3, 0.4) is 0 Å². The second-order valence-corrected chi connectivity index (χ2v) is 10.1. The van der Waals surface area contributed by atoms with Gasteiger partial charge in [0.1, 0.15) is 0 Å². The Kier molecular flexibility index (Phi) is 7.26. The van der Waals surface area contributed by atoms with Crippen LogP contribution in [0.4, 0.5) is 0 Å². The Morgan fingerprint density at radius 3 is 1.63 bits per heavy atom. The second kappa shape index (κ2) is 7.04. The molecule has 0 amide bonds. The molecule has 0 spiro atoms. The first-order valence-electron chi connectivity index (χ1n) is 6.62. The van der Waals surface area contributed by atoms with E-state index in [2.05, 4.69) is 0 Å². The van der Waals surface area contributed by atoms with Crippen LogP contribution in [0.15, 0.2) is 35.2 Å². The van der Waals surface area contributed by atoms with Crippen LogP contribution in [-0.4, -0.2) is 58.6 Å². The van der Waals surface area contributed by atoms with E-state index in [0.717, 1.165) is 4.90 Å². The van der Waals surface area contributed by atoms with Gasteiger partial charge in [0, 0.05) is 10.5 Å². The van der Waals surface area contributed by atoms with E-state index in [1.807, 2.05) is 71.9 Å². The zero-order chi connectivity index (χ0) is 14.0. The molecule has 0 atom stereocenters. The molecule has 0 aliphatic heterocycles. The molecule has 2 nitrogen and oxygen atoms in total. The molecule has 1 rings (SSSR count). The maximum atomic E-state index is 14.0. The van der Waals surface area contributed by atoms with Gasteiger partial charge in [-0.25, -0.2) is 4.21 Å². The summed E-state index contributed by atoms with van der Waals surface area (Å²) < 4.78 is 20.1. The third-order valence-electron chi connectivity index (χ3n) is 3.38. The summed E-state index contributed by atoms with van der Waals surface area (Å²) in [6.07, 6.45) is -0.0606. The average Bonchev–Trinajstić information content (AvgIpc) is 2.28. The molecule has 0 bridgehead atoms. The molecule has 1 aromatic carbocycles. The van der Waals surface area contributed by atoms with E-state index in [1.54, 1.807) is 0 Å². The van der Waals surface area contributed by atoms with Crippen LogP contribution in [0, 0.1) is 0 Å². The minimum absolute atomic E-state index is 0. The van der Waals surface area contributed by atoms with Crippen molar-refractivity contribution in [2.24, 2.45) is 0 Å². The van der Waals surface area contributed by atoms with E-state index in [0.29, 0.717) is 0 Å². The molecule has 0 saturated carbocycles. The third-order valence-corrected chi connectivity index (χ3v) is 8.94. The zero-order valence-electron chi connectivity index (χ0n) is 12.3. The average molecular weight is 313 g/mol. The fraction of sp³-hybridized carbons (Fsp3) is 0.600. The van der Waals surface area contributed by atoms with Crippen LogP contribution in [0.1, 0.15) is 41.5 Å². The number of benzene rings is 1. The molecular formula is C15H28CaO2S. The van der Waals surface area contributed by atoms with Crippen LogP contribution in [0.25, 0.3) is 0 Å². The van der Waals surface area contributed by atoms with Crippen LogP contribution in [0.5, 0.6) is 0 Å². The molecule has 4 heteroatoms. The van der Waals surface area contributed by atoms with Crippen molar-refractivity contribution in [1.29, 1.82) is 0 Å². The molecule has 108 valence electrons. The van der Waals surface area contributed by atoms with E-state index in [4.69, 9.17) is 4.18 Å². The number of rotatable bonds is 5. The van der Waals surface area contributed by atoms with Crippen molar-refractivity contribution in [1.82, 2.24) is 0 Å². The Balaban J connectivity index is 0.00000324. The monoisotopic (exact) mass is 312 g/mol. The fourth-order valence-electron chi connectivity index (χ4n) is 2.45. The summed E-state index contributed by atoms with van der Waals surface area (Å²) in [7, 11) is -3.34. The predicted octanol–water partition coefficient (Wildman–Crippen LogP) is 3.11. The van der Waals surface area contributed by atoms with Crippen molar-refractivity contribution in [2.45, 2.75) is 63.0 Å². The minimum atomic E-state index is -3.34. The summed E-state index contributed by atoms with van der Waals surface area (Å²) in [4.78, 5) is 0.827. The van der Waals surface area contributed by atoms with Crippen molar-refractivity contribution in [2.75, 3.05) is 0 Å². The van der Waals surface area contributed by atoms with E-state index in [9.17, 15) is 4.21 Å². The van der Waals surface area contributed by atoms with Gasteiger partial charge in [-0.15, -0.1) is 0 Å². The fourth-order valence-corrected chi connectivity index (χ4v) is 6.67. The molecule has 0 fully saturated rings. The predicted molar refractivity (Wildman–Crippen MR) is 87.9 cm³/mol.